The Morgan fingerprint density at radius 3 is 2.32 bits per heavy atom. The fourth-order valence-corrected chi connectivity index (χ4v) is 2.39. The Morgan fingerprint density at radius 2 is 1.82 bits per heavy atom. The molecule has 1 aromatic carbocycles. The molecule has 1 aromatic rings. The van der Waals surface area contributed by atoms with Crippen molar-refractivity contribution in [2.45, 2.75) is 37.6 Å². The third-order valence-electron chi connectivity index (χ3n) is 3.83. The molecule has 1 N–H and O–H groups in total. The number of alkyl halides is 3. The number of hydrogen-bond donors (Lipinski definition) is 1. The van der Waals surface area contributed by atoms with E-state index in [1.165, 1.54) is 4.90 Å². The van der Waals surface area contributed by atoms with Crippen molar-refractivity contribution in [2.24, 2.45) is 0 Å². The van der Waals surface area contributed by atoms with Gasteiger partial charge in [0, 0.05) is 25.9 Å². The fraction of sp³-hybridized carbons (Fsp3) is 0.533. The van der Waals surface area contributed by atoms with Gasteiger partial charge in [-0.2, -0.15) is 13.2 Å². The summed E-state index contributed by atoms with van der Waals surface area (Å²) in [7, 11) is 0. The Kier molecular flexibility index (Phi) is 4.65. The molecule has 1 unspecified atom stereocenters. The third-order valence-corrected chi connectivity index (χ3v) is 3.83. The van der Waals surface area contributed by atoms with Gasteiger partial charge in [0.25, 0.3) is 5.91 Å². The summed E-state index contributed by atoms with van der Waals surface area (Å²) in [6.07, 6.45) is -6.49. The molecule has 1 heterocycles. The second kappa shape index (κ2) is 6.16. The first kappa shape index (κ1) is 16.6. The lowest BCUT2D eigenvalue weighted by molar-refractivity contribution is -0.272. The van der Waals surface area contributed by atoms with Crippen LogP contribution in [-0.4, -0.2) is 46.9 Å². The highest BCUT2D eigenvalue weighted by Gasteiger charge is 2.55. The second-order valence-corrected chi connectivity index (χ2v) is 5.43. The van der Waals surface area contributed by atoms with E-state index in [0.717, 1.165) is 0 Å². The lowest BCUT2D eigenvalue weighted by Crippen LogP contribution is -2.55. The van der Waals surface area contributed by atoms with Crippen molar-refractivity contribution in [3.05, 3.63) is 30.3 Å². The first-order valence-corrected chi connectivity index (χ1v) is 7.02. The molecule has 0 aliphatic carbocycles. The van der Waals surface area contributed by atoms with E-state index in [-0.39, 0.29) is 19.0 Å². The zero-order valence-electron chi connectivity index (χ0n) is 12.1. The Bertz CT molecular complexity index is 511. The second-order valence-electron chi connectivity index (χ2n) is 5.43. The highest BCUT2D eigenvalue weighted by atomic mass is 19.4. The van der Waals surface area contributed by atoms with Gasteiger partial charge >= 0.3 is 6.18 Å². The van der Waals surface area contributed by atoms with Crippen molar-refractivity contribution in [1.82, 2.24) is 4.90 Å². The van der Waals surface area contributed by atoms with Crippen LogP contribution in [0.3, 0.4) is 0 Å². The van der Waals surface area contributed by atoms with Crippen LogP contribution in [0.5, 0.6) is 5.75 Å². The van der Waals surface area contributed by atoms with Gasteiger partial charge in [-0.15, -0.1) is 0 Å². The van der Waals surface area contributed by atoms with Crippen LogP contribution >= 0.6 is 0 Å². The summed E-state index contributed by atoms with van der Waals surface area (Å²) < 4.78 is 43.6. The van der Waals surface area contributed by atoms with Crippen LogP contribution in [0.4, 0.5) is 13.2 Å². The molecule has 1 aliphatic rings. The average Bonchev–Trinajstić information content (AvgIpc) is 2.47. The number of likely N-dealkylation sites (tertiary alicyclic amines) is 1. The molecule has 0 saturated carbocycles. The zero-order valence-corrected chi connectivity index (χ0v) is 12.1. The van der Waals surface area contributed by atoms with Crippen LogP contribution in [-0.2, 0) is 4.79 Å². The minimum atomic E-state index is -4.67. The molecule has 1 atom stereocenters. The van der Waals surface area contributed by atoms with Crippen molar-refractivity contribution >= 4 is 5.91 Å². The summed E-state index contributed by atoms with van der Waals surface area (Å²) >= 11 is 0. The topological polar surface area (TPSA) is 49.8 Å². The molecule has 0 spiro atoms. The van der Waals surface area contributed by atoms with Gasteiger partial charge in [-0.25, -0.2) is 0 Å². The van der Waals surface area contributed by atoms with Crippen LogP contribution in [0, 0.1) is 0 Å². The van der Waals surface area contributed by atoms with Crippen LogP contribution in [0.15, 0.2) is 30.3 Å². The van der Waals surface area contributed by atoms with Gasteiger partial charge in [0.15, 0.2) is 11.7 Å². The van der Waals surface area contributed by atoms with Gasteiger partial charge in [-0.3, -0.25) is 4.79 Å². The number of benzene rings is 1. The summed E-state index contributed by atoms with van der Waals surface area (Å²) in [5.74, 6) is 0.139. The number of nitrogens with zero attached hydrogens (tertiary/aromatic N) is 1. The van der Waals surface area contributed by atoms with E-state index in [1.54, 1.807) is 31.2 Å². The molecule has 1 saturated heterocycles. The number of carbonyl (C=O) groups excluding carboxylic acids is 1. The Labute approximate surface area is 126 Å². The Morgan fingerprint density at radius 1 is 1.27 bits per heavy atom. The number of amides is 1. The number of hydrogen-bond acceptors (Lipinski definition) is 3. The standard InChI is InChI=1S/C15H18F3NO3/c1-11(22-12-5-3-2-4-6-12)13(20)19-9-7-14(21,8-10-19)15(16,17)18/h2-6,11,21H,7-10H2,1H3. The molecule has 4 nitrogen and oxygen atoms in total. The molecule has 0 bridgehead atoms. The molecule has 1 aliphatic heterocycles. The van der Waals surface area contributed by atoms with Gasteiger partial charge in [0.05, 0.1) is 0 Å². The monoisotopic (exact) mass is 317 g/mol. The predicted molar refractivity (Wildman–Crippen MR) is 73.4 cm³/mol. The quantitative estimate of drug-likeness (QED) is 0.931. The van der Waals surface area contributed by atoms with E-state index in [9.17, 15) is 23.1 Å². The van der Waals surface area contributed by atoms with E-state index in [1.807, 2.05) is 6.07 Å². The lowest BCUT2D eigenvalue weighted by atomic mass is 9.90. The Hall–Kier alpha value is -1.76. The number of carbonyl (C=O) groups is 1. The van der Waals surface area contributed by atoms with Gasteiger partial charge < -0.3 is 14.7 Å². The minimum absolute atomic E-state index is 0.142. The van der Waals surface area contributed by atoms with Crippen molar-refractivity contribution in [2.75, 3.05) is 13.1 Å². The molecule has 7 heteroatoms. The average molecular weight is 317 g/mol. The number of rotatable bonds is 3. The predicted octanol–water partition coefficient (Wildman–Crippen LogP) is 2.37. The van der Waals surface area contributed by atoms with Crippen LogP contribution in [0.2, 0.25) is 0 Å². The largest absolute Gasteiger partial charge is 0.481 e. The fourth-order valence-electron chi connectivity index (χ4n) is 2.39. The number of ether oxygens (including phenoxy) is 1. The highest BCUT2D eigenvalue weighted by Crippen LogP contribution is 2.38. The summed E-state index contributed by atoms with van der Waals surface area (Å²) in [5, 5.41) is 9.59. The Balaban J connectivity index is 1.92. The van der Waals surface area contributed by atoms with Gasteiger partial charge in [0.2, 0.25) is 0 Å². The number of aliphatic hydroxyl groups is 1. The number of para-hydroxylation sites is 1. The maximum Gasteiger partial charge on any atom is 0.417 e. The van der Waals surface area contributed by atoms with Gasteiger partial charge in [0.1, 0.15) is 5.75 Å². The van der Waals surface area contributed by atoms with Crippen molar-refractivity contribution in [3.8, 4) is 5.75 Å². The van der Waals surface area contributed by atoms with E-state index in [0.29, 0.717) is 5.75 Å². The van der Waals surface area contributed by atoms with E-state index in [2.05, 4.69) is 0 Å². The molecular weight excluding hydrogens is 299 g/mol. The van der Waals surface area contributed by atoms with Crippen LogP contribution < -0.4 is 4.74 Å². The summed E-state index contributed by atoms with van der Waals surface area (Å²) in [6.45, 7) is 1.27. The van der Waals surface area contributed by atoms with Crippen molar-refractivity contribution in [3.63, 3.8) is 0 Å². The van der Waals surface area contributed by atoms with Gasteiger partial charge in [-0.05, 0) is 19.1 Å². The lowest BCUT2D eigenvalue weighted by Gasteiger charge is -2.39. The van der Waals surface area contributed by atoms with Crippen molar-refractivity contribution in [1.29, 1.82) is 0 Å². The molecule has 1 amide bonds. The van der Waals surface area contributed by atoms with E-state index >= 15 is 0 Å². The van der Waals surface area contributed by atoms with Crippen LogP contribution in [0.25, 0.3) is 0 Å². The first-order valence-electron chi connectivity index (χ1n) is 7.02. The third kappa shape index (κ3) is 3.52. The molecule has 122 valence electrons. The summed E-state index contributed by atoms with van der Waals surface area (Å²) in [6, 6.07) is 8.72. The molecule has 2 rings (SSSR count). The smallest absolute Gasteiger partial charge is 0.417 e. The summed E-state index contributed by atoms with van der Waals surface area (Å²) in [4.78, 5) is 13.5. The summed E-state index contributed by atoms with van der Waals surface area (Å²) in [5.41, 5.74) is -2.70. The van der Waals surface area contributed by atoms with Gasteiger partial charge in [-0.1, -0.05) is 18.2 Å². The number of piperidine rings is 1. The number of halogens is 3. The highest BCUT2D eigenvalue weighted by molar-refractivity contribution is 5.81. The normalized spacial score (nSPS) is 19.6. The maximum atomic E-state index is 12.7. The first-order chi connectivity index (χ1) is 10.2. The molecular formula is C15H18F3NO3. The molecule has 1 fully saturated rings. The SMILES string of the molecule is CC(Oc1ccccc1)C(=O)N1CCC(O)(C(F)(F)F)CC1. The molecule has 22 heavy (non-hydrogen) atoms. The van der Waals surface area contributed by atoms with Crippen molar-refractivity contribution < 1.29 is 27.8 Å². The minimum Gasteiger partial charge on any atom is -0.481 e. The maximum absolute atomic E-state index is 12.7. The molecule has 0 radical (unpaired) electrons. The zero-order chi connectivity index (χ0) is 16.4. The van der Waals surface area contributed by atoms with E-state index < -0.39 is 30.7 Å². The van der Waals surface area contributed by atoms with E-state index in [4.69, 9.17) is 4.74 Å². The molecule has 0 aromatic heterocycles. The van der Waals surface area contributed by atoms with Crippen LogP contribution in [0.1, 0.15) is 19.8 Å².